The maximum absolute atomic E-state index is 12.5. The van der Waals surface area contributed by atoms with Gasteiger partial charge in [-0.15, -0.1) is 0 Å². The third-order valence-electron chi connectivity index (χ3n) is 8.89. The van der Waals surface area contributed by atoms with E-state index in [0.29, 0.717) is 25.7 Å². The van der Waals surface area contributed by atoms with Crippen LogP contribution in [0.1, 0.15) is 65.7 Å². The van der Waals surface area contributed by atoms with E-state index in [1.54, 1.807) is 0 Å². The Bertz CT molecular complexity index is 724. The molecule has 3 N–H and O–H groups in total. The highest BCUT2D eigenvalue weighted by molar-refractivity contribution is 5.89. The number of allylic oxidation sites excluding steroid dienone is 2. The molecule has 0 radical (unpaired) electrons. The summed E-state index contributed by atoms with van der Waals surface area (Å²) < 4.78 is 0. The summed E-state index contributed by atoms with van der Waals surface area (Å²) in [6.07, 6.45) is 6.20. The summed E-state index contributed by atoms with van der Waals surface area (Å²) in [5.74, 6) is 0.0592. The van der Waals surface area contributed by atoms with E-state index < -0.39 is 29.0 Å². The first-order valence-electron chi connectivity index (χ1n) is 10.3. The molecule has 3 saturated carbocycles. The maximum Gasteiger partial charge on any atom is 0.190 e. The zero-order valence-corrected chi connectivity index (χ0v) is 16.6. The number of aliphatic hydroxyl groups is 3. The van der Waals surface area contributed by atoms with Crippen LogP contribution in [0.25, 0.3) is 0 Å². The topological polar surface area (TPSA) is 94.8 Å². The van der Waals surface area contributed by atoms with Gasteiger partial charge in [-0.25, -0.2) is 0 Å². The van der Waals surface area contributed by atoms with Crippen LogP contribution in [0.4, 0.5) is 0 Å². The van der Waals surface area contributed by atoms with Gasteiger partial charge >= 0.3 is 0 Å². The Kier molecular flexibility index (Phi) is 4.10. The highest BCUT2D eigenvalue weighted by atomic mass is 16.3. The minimum atomic E-state index is -1.57. The first-order chi connectivity index (χ1) is 12.5. The average Bonchev–Trinajstić information content (AvgIpc) is 2.85. The summed E-state index contributed by atoms with van der Waals surface area (Å²) in [5, 5.41) is 32.4. The van der Waals surface area contributed by atoms with Crippen LogP contribution in [0, 0.1) is 28.6 Å². The lowest BCUT2D eigenvalue weighted by Gasteiger charge is -2.63. The molecule has 7 atom stereocenters. The first kappa shape index (κ1) is 19.3. The van der Waals surface area contributed by atoms with Crippen molar-refractivity contribution in [1.29, 1.82) is 0 Å². The molecule has 0 aromatic heterocycles. The summed E-state index contributed by atoms with van der Waals surface area (Å²) in [6, 6.07) is 0. The van der Waals surface area contributed by atoms with E-state index >= 15 is 0 Å². The average molecular weight is 376 g/mol. The van der Waals surface area contributed by atoms with Gasteiger partial charge in [0.25, 0.3) is 0 Å². The van der Waals surface area contributed by atoms with Crippen LogP contribution in [0.15, 0.2) is 11.6 Å². The summed E-state index contributed by atoms with van der Waals surface area (Å²) in [4.78, 5) is 24.5. The number of carbonyl (C=O) groups excluding carboxylic acids is 2. The standard InChI is InChI=1S/C22H32O5/c1-19-8-6-14(24)10-13(19)4-5-15-16-7-9-22(27,17(25)11-23)20(16,2)12-21(3,26)18(15)19/h4,15-16,18,23,26-27H,5-12H2,1-3H3. The lowest BCUT2D eigenvalue weighted by atomic mass is 9.43. The number of hydrogen-bond acceptors (Lipinski definition) is 5. The molecule has 0 aromatic carbocycles. The van der Waals surface area contributed by atoms with Gasteiger partial charge in [0, 0.05) is 18.3 Å². The van der Waals surface area contributed by atoms with E-state index in [9.17, 15) is 24.9 Å². The second-order valence-corrected chi connectivity index (χ2v) is 10.3. The van der Waals surface area contributed by atoms with Crippen LogP contribution in [0.5, 0.6) is 0 Å². The van der Waals surface area contributed by atoms with Gasteiger partial charge in [-0.05, 0) is 62.2 Å². The monoisotopic (exact) mass is 376 g/mol. The van der Waals surface area contributed by atoms with E-state index in [0.717, 1.165) is 19.3 Å². The quantitative estimate of drug-likeness (QED) is 0.642. The molecule has 27 heavy (non-hydrogen) atoms. The van der Waals surface area contributed by atoms with Crippen LogP contribution in [-0.2, 0) is 9.59 Å². The molecule has 0 aliphatic heterocycles. The smallest absolute Gasteiger partial charge is 0.190 e. The second-order valence-electron chi connectivity index (χ2n) is 10.3. The molecule has 4 rings (SSSR count). The van der Waals surface area contributed by atoms with E-state index in [1.807, 2.05) is 13.8 Å². The van der Waals surface area contributed by atoms with Crippen molar-refractivity contribution in [1.82, 2.24) is 0 Å². The molecule has 150 valence electrons. The van der Waals surface area contributed by atoms with E-state index in [1.165, 1.54) is 5.57 Å². The van der Waals surface area contributed by atoms with Gasteiger partial charge in [-0.2, -0.15) is 0 Å². The fourth-order valence-corrected chi connectivity index (χ4v) is 7.84. The Hall–Kier alpha value is -1.04. The van der Waals surface area contributed by atoms with Crippen LogP contribution in [0.3, 0.4) is 0 Å². The molecule has 0 saturated heterocycles. The third-order valence-corrected chi connectivity index (χ3v) is 8.89. The summed E-state index contributed by atoms with van der Waals surface area (Å²) in [7, 11) is 0. The zero-order chi connectivity index (χ0) is 19.8. The van der Waals surface area contributed by atoms with E-state index in [2.05, 4.69) is 13.0 Å². The number of hydrogen-bond donors (Lipinski definition) is 3. The molecule has 4 aliphatic rings. The molecule has 0 amide bonds. The zero-order valence-electron chi connectivity index (χ0n) is 16.6. The number of fused-ring (bicyclic) bond motifs is 5. The molecule has 0 aromatic rings. The normalized spacial score (nSPS) is 51.9. The van der Waals surface area contributed by atoms with Crippen molar-refractivity contribution in [3.8, 4) is 0 Å². The van der Waals surface area contributed by atoms with Crippen LogP contribution >= 0.6 is 0 Å². The minimum absolute atomic E-state index is 0.0164. The molecular formula is C22H32O5. The molecular weight excluding hydrogens is 344 g/mol. The summed E-state index contributed by atoms with van der Waals surface area (Å²) >= 11 is 0. The minimum Gasteiger partial charge on any atom is -0.390 e. The highest BCUT2D eigenvalue weighted by Gasteiger charge is 2.70. The third kappa shape index (κ3) is 2.34. The van der Waals surface area contributed by atoms with Gasteiger partial charge in [0.05, 0.1) is 5.60 Å². The van der Waals surface area contributed by atoms with Gasteiger partial charge < -0.3 is 15.3 Å². The highest BCUT2D eigenvalue weighted by Crippen LogP contribution is 2.69. The van der Waals surface area contributed by atoms with Crippen LogP contribution in [0.2, 0.25) is 0 Å². The molecule has 5 nitrogen and oxygen atoms in total. The van der Waals surface area contributed by atoms with Gasteiger partial charge in [0.15, 0.2) is 5.78 Å². The first-order valence-corrected chi connectivity index (χ1v) is 10.3. The molecule has 7 unspecified atom stereocenters. The van der Waals surface area contributed by atoms with Crippen molar-refractivity contribution in [3.05, 3.63) is 11.6 Å². The lowest BCUT2D eigenvalue weighted by molar-refractivity contribution is -0.207. The van der Waals surface area contributed by atoms with Gasteiger partial charge in [-0.1, -0.05) is 25.5 Å². The fourth-order valence-electron chi connectivity index (χ4n) is 7.84. The number of Topliss-reactive ketones (excluding diaryl/α,β-unsaturated/α-hetero) is 2. The second kappa shape index (κ2) is 5.74. The predicted octanol–water partition coefficient (Wildman–Crippen LogP) is 2.17. The van der Waals surface area contributed by atoms with Crippen molar-refractivity contribution in [2.75, 3.05) is 6.61 Å². The summed E-state index contributed by atoms with van der Waals surface area (Å²) in [6.45, 7) is 5.30. The summed E-state index contributed by atoms with van der Waals surface area (Å²) in [5.41, 5.74) is -2.40. The Morgan fingerprint density at radius 3 is 2.59 bits per heavy atom. The van der Waals surface area contributed by atoms with Crippen molar-refractivity contribution in [2.24, 2.45) is 28.6 Å². The molecule has 0 heterocycles. The van der Waals surface area contributed by atoms with Gasteiger partial charge in [0.1, 0.15) is 18.0 Å². The molecule has 3 fully saturated rings. The van der Waals surface area contributed by atoms with Crippen molar-refractivity contribution in [3.63, 3.8) is 0 Å². The SMILES string of the molecule is CC1(O)CC2(C)C(CCC2(O)C(=O)CO)C2CC=C3CC(=O)CCC3(C)C21. The van der Waals surface area contributed by atoms with Crippen LogP contribution in [-0.4, -0.2) is 44.7 Å². The van der Waals surface area contributed by atoms with E-state index in [-0.39, 0.29) is 29.0 Å². The number of carbonyl (C=O) groups is 2. The lowest BCUT2D eigenvalue weighted by Crippen LogP contribution is -2.65. The largest absolute Gasteiger partial charge is 0.390 e. The fraction of sp³-hybridized carbons (Fsp3) is 0.818. The molecule has 4 aliphatic carbocycles. The molecule has 0 spiro atoms. The Labute approximate surface area is 160 Å². The van der Waals surface area contributed by atoms with Gasteiger partial charge in [-0.3, -0.25) is 9.59 Å². The predicted molar refractivity (Wildman–Crippen MR) is 99.8 cm³/mol. The number of ketones is 2. The molecule has 0 bridgehead atoms. The van der Waals surface area contributed by atoms with E-state index in [4.69, 9.17) is 0 Å². The Balaban J connectivity index is 1.80. The van der Waals surface area contributed by atoms with Crippen molar-refractivity contribution >= 4 is 11.6 Å². The Morgan fingerprint density at radius 2 is 1.93 bits per heavy atom. The Morgan fingerprint density at radius 1 is 1.22 bits per heavy atom. The van der Waals surface area contributed by atoms with Crippen LogP contribution < -0.4 is 0 Å². The van der Waals surface area contributed by atoms with Crippen molar-refractivity contribution < 1.29 is 24.9 Å². The number of aliphatic hydroxyl groups excluding tert-OH is 1. The molecule has 5 heteroatoms. The number of rotatable bonds is 2. The van der Waals surface area contributed by atoms with Crippen molar-refractivity contribution in [2.45, 2.75) is 76.9 Å². The van der Waals surface area contributed by atoms with Gasteiger partial charge in [0.2, 0.25) is 0 Å². The maximum atomic E-state index is 12.5.